The topological polar surface area (TPSA) is 21.3 Å². The van der Waals surface area contributed by atoms with Crippen molar-refractivity contribution in [2.75, 3.05) is 19.8 Å². The van der Waals surface area contributed by atoms with Gasteiger partial charge in [0.2, 0.25) is 0 Å². The average molecular weight is 322 g/mol. The molecule has 0 fully saturated rings. The first-order chi connectivity index (χ1) is 9.57. The van der Waals surface area contributed by atoms with Gasteiger partial charge in [0.15, 0.2) is 0 Å². The van der Waals surface area contributed by atoms with Crippen molar-refractivity contribution >= 4 is 23.2 Å². The van der Waals surface area contributed by atoms with Gasteiger partial charge < -0.3 is 10.1 Å². The fourth-order valence-electron chi connectivity index (χ4n) is 1.88. The van der Waals surface area contributed by atoms with E-state index in [0.717, 1.165) is 39.0 Å². The van der Waals surface area contributed by atoms with Crippen LogP contribution < -0.4 is 5.32 Å². The molecule has 0 aliphatic carbocycles. The maximum absolute atomic E-state index is 13.4. The minimum atomic E-state index is -0.442. The zero-order valence-corrected chi connectivity index (χ0v) is 13.5. The largest absolute Gasteiger partial charge is 0.381 e. The van der Waals surface area contributed by atoms with E-state index in [1.807, 2.05) is 6.92 Å². The zero-order chi connectivity index (χ0) is 15.0. The van der Waals surface area contributed by atoms with Gasteiger partial charge in [-0.2, -0.15) is 0 Å². The van der Waals surface area contributed by atoms with E-state index in [1.54, 1.807) is 0 Å². The van der Waals surface area contributed by atoms with Crippen LogP contribution in [0.1, 0.15) is 44.7 Å². The average Bonchev–Trinajstić information content (AvgIpc) is 2.42. The van der Waals surface area contributed by atoms with E-state index in [-0.39, 0.29) is 11.1 Å². The Labute approximate surface area is 130 Å². The first kappa shape index (κ1) is 17.7. The number of halogens is 3. The molecule has 1 aromatic rings. The summed E-state index contributed by atoms with van der Waals surface area (Å²) in [5.74, 6) is -0.442. The molecule has 0 radical (unpaired) electrons. The van der Waals surface area contributed by atoms with Gasteiger partial charge in [-0.05, 0) is 38.4 Å². The Morgan fingerprint density at radius 1 is 1.25 bits per heavy atom. The standard InChI is InChI=1S/C15H22Cl2FNO/c1-3-4-9-20-10-5-8-19-11(2)14-12(16)6-7-13(18)15(14)17/h6-7,11,19H,3-5,8-10H2,1-2H3. The highest BCUT2D eigenvalue weighted by molar-refractivity contribution is 6.36. The second kappa shape index (κ2) is 9.56. The molecule has 0 aliphatic heterocycles. The van der Waals surface area contributed by atoms with Crippen LogP contribution >= 0.6 is 23.2 Å². The molecule has 2 nitrogen and oxygen atoms in total. The minimum absolute atomic E-state index is 0.0942. The highest BCUT2D eigenvalue weighted by Crippen LogP contribution is 2.32. The molecule has 1 aromatic carbocycles. The van der Waals surface area contributed by atoms with Crippen LogP contribution in [0, 0.1) is 5.82 Å². The minimum Gasteiger partial charge on any atom is -0.381 e. The number of unbranched alkanes of at least 4 members (excludes halogenated alkanes) is 1. The van der Waals surface area contributed by atoms with Crippen LogP contribution in [0.3, 0.4) is 0 Å². The van der Waals surface area contributed by atoms with Crippen molar-refractivity contribution < 1.29 is 9.13 Å². The van der Waals surface area contributed by atoms with Gasteiger partial charge in [0.25, 0.3) is 0 Å². The van der Waals surface area contributed by atoms with Crippen LogP contribution in [-0.2, 0) is 4.74 Å². The Kier molecular flexibility index (Phi) is 8.46. The van der Waals surface area contributed by atoms with Gasteiger partial charge in [0.05, 0.1) is 5.02 Å². The van der Waals surface area contributed by atoms with Crippen molar-refractivity contribution in [2.24, 2.45) is 0 Å². The summed E-state index contributed by atoms with van der Waals surface area (Å²) >= 11 is 12.0. The molecule has 0 spiro atoms. The number of hydrogen-bond acceptors (Lipinski definition) is 2. The third-order valence-corrected chi connectivity index (χ3v) is 3.78. The molecule has 0 bridgehead atoms. The molecule has 0 amide bonds. The number of benzene rings is 1. The summed E-state index contributed by atoms with van der Waals surface area (Å²) < 4.78 is 18.9. The molecular weight excluding hydrogens is 300 g/mol. The molecule has 0 saturated heterocycles. The molecule has 1 atom stereocenters. The van der Waals surface area contributed by atoms with Crippen molar-refractivity contribution in [2.45, 2.75) is 39.2 Å². The fourth-order valence-corrected chi connectivity index (χ4v) is 2.58. The number of hydrogen-bond donors (Lipinski definition) is 1. The van der Waals surface area contributed by atoms with Crippen LogP contribution in [0.2, 0.25) is 10.0 Å². The number of nitrogens with one attached hydrogen (secondary N) is 1. The predicted molar refractivity (Wildman–Crippen MR) is 83.2 cm³/mol. The molecule has 1 rings (SSSR count). The summed E-state index contributed by atoms with van der Waals surface area (Å²) in [5, 5.41) is 3.86. The third-order valence-electron chi connectivity index (χ3n) is 3.07. The van der Waals surface area contributed by atoms with Crippen LogP contribution in [-0.4, -0.2) is 19.8 Å². The predicted octanol–water partition coefficient (Wildman–Crippen LogP) is 4.99. The van der Waals surface area contributed by atoms with Crippen molar-refractivity contribution in [1.29, 1.82) is 0 Å². The Bertz CT molecular complexity index is 415. The molecule has 20 heavy (non-hydrogen) atoms. The van der Waals surface area contributed by atoms with E-state index >= 15 is 0 Å². The Hall–Kier alpha value is -0.350. The zero-order valence-electron chi connectivity index (χ0n) is 12.0. The normalized spacial score (nSPS) is 12.7. The van der Waals surface area contributed by atoms with Crippen LogP contribution in [0.5, 0.6) is 0 Å². The second-order valence-corrected chi connectivity index (χ2v) is 5.54. The quantitative estimate of drug-likeness (QED) is 0.511. The highest BCUT2D eigenvalue weighted by Gasteiger charge is 2.16. The van der Waals surface area contributed by atoms with Gasteiger partial charge in [-0.15, -0.1) is 0 Å². The summed E-state index contributed by atoms with van der Waals surface area (Å²) in [6, 6.07) is 2.72. The van der Waals surface area contributed by atoms with Crippen molar-refractivity contribution in [3.05, 3.63) is 33.6 Å². The highest BCUT2D eigenvalue weighted by atomic mass is 35.5. The number of rotatable bonds is 9. The first-order valence-electron chi connectivity index (χ1n) is 7.02. The lowest BCUT2D eigenvalue weighted by Gasteiger charge is -2.17. The second-order valence-electron chi connectivity index (χ2n) is 4.75. The van der Waals surface area contributed by atoms with E-state index in [4.69, 9.17) is 27.9 Å². The lowest BCUT2D eigenvalue weighted by atomic mass is 10.1. The van der Waals surface area contributed by atoms with Gasteiger partial charge >= 0.3 is 0 Å². The van der Waals surface area contributed by atoms with Gasteiger partial charge in [-0.1, -0.05) is 36.5 Å². The van der Waals surface area contributed by atoms with E-state index in [1.165, 1.54) is 12.1 Å². The molecule has 0 saturated carbocycles. The summed E-state index contributed by atoms with van der Waals surface area (Å²) in [6.07, 6.45) is 3.14. The van der Waals surface area contributed by atoms with Gasteiger partial charge in [-0.25, -0.2) is 4.39 Å². The molecular formula is C15H22Cl2FNO. The summed E-state index contributed by atoms with van der Waals surface area (Å²) in [4.78, 5) is 0. The van der Waals surface area contributed by atoms with E-state index in [9.17, 15) is 4.39 Å². The van der Waals surface area contributed by atoms with Crippen LogP contribution in [0.25, 0.3) is 0 Å². The lowest BCUT2D eigenvalue weighted by Crippen LogP contribution is -2.22. The van der Waals surface area contributed by atoms with E-state index in [2.05, 4.69) is 12.2 Å². The lowest BCUT2D eigenvalue weighted by molar-refractivity contribution is 0.128. The van der Waals surface area contributed by atoms with Gasteiger partial charge in [0, 0.05) is 29.8 Å². The first-order valence-corrected chi connectivity index (χ1v) is 7.78. The molecule has 0 aromatic heterocycles. The summed E-state index contributed by atoms with van der Waals surface area (Å²) in [7, 11) is 0. The van der Waals surface area contributed by atoms with Gasteiger partial charge in [0.1, 0.15) is 5.82 Å². The third kappa shape index (κ3) is 5.57. The van der Waals surface area contributed by atoms with Crippen molar-refractivity contribution in [3.8, 4) is 0 Å². The maximum Gasteiger partial charge on any atom is 0.142 e. The monoisotopic (exact) mass is 321 g/mol. The summed E-state index contributed by atoms with van der Waals surface area (Å²) in [6.45, 7) is 6.37. The fraction of sp³-hybridized carbons (Fsp3) is 0.600. The Morgan fingerprint density at radius 3 is 2.65 bits per heavy atom. The maximum atomic E-state index is 13.4. The smallest absolute Gasteiger partial charge is 0.142 e. The molecule has 114 valence electrons. The van der Waals surface area contributed by atoms with E-state index < -0.39 is 5.82 Å². The molecule has 1 N–H and O–H groups in total. The molecule has 5 heteroatoms. The van der Waals surface area contributed by atoms with Crippen LogP contribution in [0.15, 0.2) is 12.1 Å². The summed E-state index contributed by atoms with van der Waals surface area (Å²) in [5.41, 5.74) is 0.611. The SMILES string of the molecule is CCCCOCCCNC(C)c1c(Cl)ccc(F)c1Cl. The van der Waals surface area contributed by atoms with Crippen LogP contribution in [0.4, 0.5) is 4.39 Å². The number of ether oxygens (including phenoxy) is 1. The molecule has 1 unspecified atom stereocenters. The van der Waals surface area contributed by atoms with E-state index in [0.29, 0.717) is 10.6 Å². The molecule has 0 heterocycles. The van der Waals surface area contributed by atoms with Gasteiger partial charge in [-0.3, -0.25) is 0 Å². The van der Waals surface area contributed by atoms with Crippen molar-refractivity contribution in [3.63, 3.8) is 0 Å². The van der Waals surface area contributed by atoms with Crippen molar-refractivity contribution in [1.82, 2.24) is 5.32 Å². The Balaban J connectivity index is 2.36. The molecule has 0 aliphatic rings. The Morgan fingerprint density at radius 2 is 1.95 bits per heavy atom.